The third kappa shape index (κ3) is 5.40. The largest absolute Gasteiger partial charge is 0.479 e. The Morgan fingerprint density at radius 3 is 2.50 bits per heavy atom. The average Bonchev–Trinajstić information content (AvgIpc) is 2.46. The first-order valence-electron chi connectivity index (χ1n) is 6.61. The van der Waals surface area contributed by atoms with Gasteiger partial charge in [-0.25, -0.2) is 4.79 Å². The summed E-state index contributed by atoms with van der Waals surface area (Å²) >= 11 is 0. The fourth-order valence-corrected chi connectivity index (χ4v) is 1.86. The number of rotatable bonds is 8. The van der Waals surface area contributed by atoms with E-state index in [0.29, 0.717) is 12.3 Å². The van der Waals surface area contributed by atoms with Crippen LogP contribution in [0.5, 0.6) is 0 Å². The molecule has 0 aliphatic rings. The van der Waals surface area contributed by atoms with E-state index in [1.807, 2.05) is 30.3 Å². The molecule has 0 aromatic heterocycles. The van der Waals surface area contributed by atoms with Gasteiger partial charge in [0.1, 0.15) is 0 Å². The van der Waals surface area contributed by atoms with E-state index in [1.54, 1.807) is 0 Å². The number of hydrogen-bond donors (Lipinski definition) is 2. The second kappa shape index (κ2) is 8.32. The molecule has 2 atom stereocenters. The molecule has 1 rings (SSSR count). The van der Waals surface area contributed by atoms with Crippen molar-refractivity contribution in [1.29, 1.82) is 0 Å². The van der Waals surface area contributed by atoms with Crippen molar-refractivity contribution in [3.8, 4) is 0 Å². The molecule has 5 nitrogen and oxygen atoms in total. The van der Waals surface area contributed by atoms with Gasteiger partial charge in [-0.05, 0) is 17.9 Å². The zero-order valence-electron chi connectivity index (χ0n) is 11.8. The molecule has 1 aromatic carbocycles. The Hall–Kier alpha value is -1.88. The maximum absolute atomic E-state index is 11.7. The topological polar surface area (TPSA) is 75.6 Å². The number of carbonyl (C=O) groups is 2. The molecule has 2 unspecified atom stereocenters. The lowest BCUT2D eigenvalue weighted by Crippen LogP contribution is -2.37. The highest BCUT2D eigenvalue weighted by Gasteiger charge is 2.17. The van der Waals surface area contributed by atoms with Crippen molar-refractivity contribution in [1.82, 2.24) is 5.32 Å². The Morgan fingerprint density at radius 2 is 1.95 bits per heavy atom. The normalized spacial score (nSPS) is 13.5. The van der Waals surface area contributed by atoms with Crippen molar-refractivity contribution >= 4 is 11.9 Å². The zero-order chi connectivity index (χ0) is 15.0. The SMILES string of the molecule is COC(CNC(=O)CCC(C)c1ccccc1)C(=O)O. The van der Waals surface area contributed by atoms with Crippen molar-refractivity contribution in [2.45, 2.75) is 31.8 Å². The molecule has 0 saturated carbocycles. The van der Waals surface area contributed by atoms with E-state index in [4.69, 9.17) is 9.84 Å². The van der Waals surface area contributed by atoms with Gasteiger partial charge in [-0.2, -0.15) is 0 Å². The van der Waals surface area contributed by atoms with Gasteiger partial charge in [0, 0.05) is 13.5 Å². The van der Waals surface area contributed by atoms with Gasteiger partial charge in [0.15, 0.2) is 6.10 Å². The van der Waals surface area contributed by atoms with Gasteiger partial charge in [0.2, 0.25) is 5.91 Å². The first-order chi connectivity index (χ1) is 9.54. The van der Waals surface area contributed by atoms with Crippen molar-refractivity contribution < 1.29 is 19.4 Å². The predicted molar refractivity (Wildman–Crippen MR) is 75.5 cm³/mol. The third-order valence-electron chi connectivity index (χ3n) is 3.22. The molecule has 2 N–H and O–H groups in total. The lowest BCUT2D eigenvalue weighted by Gasteiger charge is -2.13. The van der Waals surface area contributed by atoms with Crippen LogP contribution in [0.15, 0.2) is 30.3 Å². The van der Waals surface area contributed by atoms with E-state index < -0.39 is 12.1 Å². The molecule has 1 amide bonds. The van der Waals surface area contributed by atoms with Crippen LogP contribution in [0.2, 0.25) is 0 Å². The Morgan fingerprint density at radius 1 is 1.30 bits per heavy atom. The summed E-state index contributed by atoms with van der Waals surface area (Å²) in [6.45, 7) is 2.06. The summed E-state index contributed by atoms with van der Waals surface area (Å²) < 4.78 is 4.74. The van der Waals surface area contributed by atoms with Crippen LogP contribution in [0.25, 0.3) is 0 Å². The van der Waals surface area contributed by atoms with Gasteiger partial charge in [-0.1, -0.05) is 37.3 Å². The summed E-state index contributed by atoms with van der Waals surface area (Å²) in [5.41, 5.74) is 1.20. The minimum Gasteiger partial charge on any atom is -0.479 e. The summed E-state index contributed by atoms with van der Waals surface area (Å²) in [5.74, 6) is -0.943. The molecule has 110 valence electrons. The minimum atomic E-state index is -1.08. The second-order valence-electron chi connectivity index (χ2n) is 4.72. The molecule has 0 aliphatic carbocycles. The summed E-state index contributed by atoms with van der Waals surface area (Å²) in [4.78, 5) is 22.4. The zero-order valence-corrected chi connectivity index (χ0v) is 11.8. The number of carbonyl (C=O) groups excluding carboxylic acids is 1. The van der Waals surface area contributed by atoms with Crippen LogP contribution in [-0.2, 0) is 14.3 Å². The highest BCUT2D eigenvalue weighted by Crippen LogP contribution is 2.19. The second-order valence-corrected chi connectivity index (χ2v) is 4.72. The van der Waals surface area contributed by atoms with E-state index in [0.717, 1.165) is 6.42 Å². The van der Waals surface area contributed by atoms with Crippen molar-refractivity contribution in [2.75, 3.05) is 13.7 Å². The van der Waals surface area contributed by atoms with Crippen LogP contribution in [-0.4, -0.2) is 36.7 Å². The molecule has 0 radical (unpaired) electrons. The summed E-state index contributed by atoms with van der Waals surface area (Å²) in [5, 5.41) is 11.4. The van der Waals surface area contributed by atoms with Crippen LogP contribution in [0.3, 0.4) is 0 Å². The molecule has 0 spiro atoms. The van der Waals surface area contributed by atoms with Crippen LogP contribution >= 0.6 is 0 Å². The van der Waals surface area contributed by atoms with E-state index in [1.165, 1.54) is 12.7 Å². The number of carboxylic acids is 1. The van der Waals surface area contributed by atoms with Gasteiger partial charge in [-0.3, -0.25) is 4.79 Å². The Balaban J connectivity index is 2.31. The molecule has 20 heavy (non-hydrogen) atoms. The van der Waals surface area contributed by atoms with Crippen LogP contribution in [0, 0.1) is 0 Å². The summed E-state index contributed by atoms with van der Waals surface area (Å²) in [6.07, 6.45) is 0.0951. The van der Waals surface area contributed by atoms with E-state index in [2.05, 4.69) is 12.2 Å². The Kier molecular flexibility index (Phi) is 6.73. The number of ether oxygens (including phenoxy) is 1. The van der Waals surface area contributed by atoms with Gasteiger partial charge in [-0.15, -0.1) is 0 Å². The predicted octanol–water partition coefficient (Wildman–Crippen LogP) is 1.79. The standard InChI is InChI=1S/C15H21NO4/c1-11(12-6-4-3-5-7-12)8-9-14(17)16-10-13(20-2)15(18)19/h3-7,11,13H,8-10H2,1-2H3,(H,16,17)(H,18,19). The van der Waals surface area contributed by atoms with Crippen LogP contribution in [0.1, 0.15) is 31.2 Å². The lowest BCUT2D eigenvalue weighted by atomic mass is 9.96. The van der Waals surface area contributed by atoms with Gasteiger partial charge in [0.05, 0.1) is 6.54 Å². The summed E-state index contributed by atoms with van der Waals surface area (Å²) in [7, 11) is 1.31. The van der Waals surface area contributed by atoms with Gasteiger partial charge in [0.25, 0.3) is 0 Å². The molecule has 0 fully saturated rings. The van der Waals surface area contributed by atoms with Crippen molar-refractivity contribution in [3.63, 3.8) is 0 Å². The quantitative estimate of drug-likeness (QED) is 0.760. The van der Waals surface area contributed by atoms with Gasteiger partial charge >= 0.3 is 5.97 Å². The van der Waals surface area contributed by atoms with Crippen LogP contribution < -0.4 is 5.32 Å². The fraction of sp³-hybridized carbons (Fsp3) is 0.467. The first kappa shape index (κ1) is 16.2. The molecule has 5 heteroatoms. The van der Waals surface area contributed by atoms with Crippen molar-refractivity contribution in [3.05, 3.63) is 35.9 Å². The Bertz CT molecular complexity index is 433. The summed E-state index contributed by atoms with van der Waals surface area (Å²) in [6, 6.07) is 9.98. The monoisotopic (exact) mass is 279 g/mol. The highest BCUT2D eigenvalue weighted by atomic mass is 16.5. The molecular weight excluding hydrogens is 258 g/mol. The molecule has 0 aliphatic heterocycles. The lowest BCUT2D eigenvalue weighted by molar-refractivity contribution is -0.148. The maximum Gasteiger partial charge on any atom is 0.334 e. The molecular formula is C15H21NO4. The van der Waals surface area contributed by atoms with E-state index >= 15 is 0 Å². The Labute approximate surface area is 118 Å². The number of methoxy groups -OCH3 is 1. The molecule has 0 heterocycles. The van der Waals surface area contributed by atoms with Crippen LogP contribution in [0.4, 0.5) is 0 Å². The molecule has 0 saturated heterocycles. The number of hydrogen-bond acceptors (Lipinski definition) is 3. The van der Waals surface area contributed by atoms with Gasteiger partial charge < -0.3 is 15.2 Å². The number of aliphatic carboxylic acids is 1. The van der Waals surface area contributed by atoms with E-state index in [9.17, 15) is 9.59 Å². The average molecular weight is 279 g/mol. The minimum absolute atomic E-state index is 0.00954. The third-order valence-corrected chi connectivity index (χ3v) is 3.22. The number of carboxylic acid groups (broad SMARTS) is 1. The number of benzene rings is 1. The van der Waals surface area contributed by atoms with Crippen molar-refractivity contribution in [2.24, 2.45) is 0 Å². The highest BCUT2D eigenvalue weighted by molar-refractivity contribution is 5.78. The number of amides is 1. The number of nitrogens with one attached hydrogen (secondary N) is 1. The molecule has 0 bridgehead atoms. The first-order valence-corrected chi connectivity index (χ1v) is 6.61. The smallest absolute Gasteiger partial charge is 0.334 e. The van der Waals surface area contributed by atoms with E-state index in [-0.39, 0.29) is 12.5 Å². The maximum atomic E-state index is 11.7. The fourth-order valence-electron chi connectivity index (χ4n) is 1.86. The molecule has 1 aromatic rings.